The van der Waals surface area contributed by atoms with Crippen LogP contribution in [-0.2, 0) is 0 Å². The summed E-state index contributed by atoms with van der Waals surface area (Å²) in [6, 6.07) is 7.57. The van der Waals surface area contributed by atoms with E-state index in [1.54, 1.807) is 20.0 Å². The summed E-state index contributed by atoms with van der Waals surface area (Å²) in [5.74, 6) is 1.15. The zero-order valence-corrected chi connectivity index (χ0v) is 18.3. The SMILES string of the molecule is CN/C(=C1\C(=N)CC(C)c2cnc(N/C(=C/C(C)=N)NC)nc21)c1ccccc1Cl. The standard InChI is InChI=1S/C22H26ClN7/c1-12-9-17(25)19(20(27-4)14-7-5-6-8-16(14)23)21-15(12)11-28-22(30-21)29-18(26-3)10-13(2)24/h5-8,10-12,24-27H,9H2,1-4H3,(H,28,29,30)/b18-10+,20-19+,24-13?,25-17?. The van der Waals surface area contributed by atoms with Crippen molar-refractivity contribution in [2.24, 2.45) is 0 Å². The molecular formula is C22H26ClN7. The molecule has 1 aliphatic carbocycles. The minimum atomic E-state index is 0.137. The van der Waals surface area contributed by atoms with Crippen LogP contribution in [0.25, 0.3) is 11.3 Å². The molecule has 0 radical (unpaired) electrons. The van der Waals surface area contributed by atoms with Gasteiger partial charge in [-0.3, -0.25) is 0 Å². The van der Waals surface area contributed by atoms with Crippen molar-refractivity contribution in [1.82, 2.24) is 20.6 Å². The maximum Gasteiger partial charge on any atom is 0.228 e. The van der Waals surface area contributed by atoms with E-state index < -0.39 is 0 Å². The number of benzene rings is 1. The lowest BCUT2D eigenvalue weighted by Gasteiger charge is -2.27. The van der Waals surface area contributed by atoms with E-state index in [9.17, 15) is 0 Å². The van der Waals surface area contributed by atoms with E-state index in [2.05, 4.69) is 27.9 Å². The molecule has 1 unspecified atom stereocenters. The third-order valence-electron chi connectivity index (χ3n) is 4.92. The van der Waals surface area contributed by atoms with E-state index in [1.807, 2.05) is 37.5 Å². The van der Waals surface area contributed by atoms with Gasteiger partial charge in [-0.2, -0.15) is 0 Å². The van der Waals surface area contributed by atoms with Gasteiger partial charge >= 0.3 is 0 Å². The number of halogens is 1. The second-order valence-corrected chi connectivity index (χ2v) is 7.58. The van der Waals surface area contributed by atoms with Crippen molar-refractivity contribution in [3.8, 4) is 0 Å². The molecule has 0 fully saturated rings. The van der Waals surface area contributed by atoms with Crippen LogP contribution in [0.15, 0.2) is 42.4 Å². The van der Waals surface area contributed by atoms with Gasteiger partial charge in [0, 0.05) is 53.4 Å². The summed E-state index contributed by atoms with van der Waals surface area (Å²) in [5.41, 5.74) is 4.92. The summed E-state index contributed by atoms with van der Waals surface area (Å²) in [6.07, 6.45) is 4.07. The third kappa shape index (κ3) is 4.36. The first-order valence-corrected chi connectivity index (χ1v) is 10.1. The Hall–Kier alpha value is -3.19. The first-order chi connectivity index (χ1) is 14.3. The number of anilines is 1. The number of hydrogen-bond donors (Lipinski definition) is 5. The van der Waals surface area contributed by atoms with Crippen molar-refractivity contribution in [1.29, 1.82) is 10.8 Å². The summed E-state index contributed by atoms with van der Waals surface area (Å²) in [5, 5.41) is 26.4. The zero-order chi connectivity index (χ0) is 21.8. The van der Waals surface area contributed by atoms with Gasteiger partial charge in [0.05, 0.1) is 11.4 Å². The third-order valence-corrected chi connectivity index (χ3v) is 5.25. The van der Waals surface area contributed by atoms with E-state index >= 15 is 0 Å². The number of fused-ring (bicyclic) bond motifs is 1. The van der Waals surface area contributed by atoms with Crippen molar-refractivity contribution in [3.63, 3.8) is 0 Å². The summed E-state index contributed by atoms with van der Waals surface area (Å²) in [7, 11) is 3.59. The molecule has 8 heteroatoms. The molecule has 0 saturated carbocycles. The topological polar surface area (TPSA) is 110 Å². The first-order valence-electron chi connectivity index (χ1n) is 9.69. The van der Waals surface area contributed by atoms with Gasteiger partial charge in [-0.05, 0) is 31.4 Å². The van der Waals surface area contributed by atoms with Gasteiger partial charge in [-0.1, -0.05) is 36.7 Å². The zero-order valence-electron chi connectivity index (χ0n) is 17.5. The average Bonchev–Trinajstić information content (AvgIpc) is 2.70. The number of nitrogens with one attached hydrogen (secondary N) is 5. The van der Waals surface area contributed by atoms with Crippen LogP contribution in [0.2, 0.25) is 5.02 Å². The summed E-state index contributed by atoms with van der Waals surface area (Å²) < 4.78 is 0. The molecule has 7 nitrogen and oxygen atoms in total. The molecule has 1 aromatic heterocycles. The van der Waals surface area contributed by atoms with Crippen LogP contribution in [0, 0.1) is 10.8 Å². The molecule has 1 aromatic carbocycles. The monoisotopic (exact) mass is 423 g/mol. The van der Waals surface area contributed by atoms with Crippen molar-refractivity contribution in [3.05, 3.63) is 64.2 Å². The van der Waals surface area contributed by atoms with Crippen LogP contribution in [0.1, 0.15) is 43.0 Å². The minimum Gasteiger partial charge on any atom is -0.387 e. The number of allylic oxidation sites excluding steroid dienone is 2. The van der Waals surface area contributed by atoms with Crippen LogP contribution < -0.4 is 16.0 Å². The van der Waals surface area contributed by atoms with Gasteiger partial charge < -0.3 is 26.8 Å². The smallest absolute Gasteiger partial charge is 0.228 e. The van der Waals surface area contributed by atoms with Crippen molar-refractivity contribution in [2.45, 2.75) is 26.2 Å². The molecular weight excluding hydrogens is 398 g/mol. The summed E-state index contributed by atoms with van der Waals surface area (Å²) >= 11 is 6.46. The molecule has 0 saturated heterocycles. The molecule has 0 aliphatic heterocycles. The molecule has 0 bridgehead atoms. The van der Waals surface area contributed by atoms with Gasteiger partial charge in [-0.25, -0.2) is 9.97 Å². The Bertz CT molecular complexity index is 1060. The lowest BCUT2D eigenvalue weighted by molar-refractivity contribution is 0.773. The average molecular weight is 424 g/mol. The van der Waals surface area contributed by atoms with Gasteiger partial charge in [-0.15, -0.1) is 0 Å². The highest BCUT2D eigenvalue weighted by Crippen LogP contribution is 2.39. The normalized spacial score (nSPS) is 17.8. The number of aromatic nitrogens is 2. The second-order valence-electron chi connectivity index (χ2n) is 7.18. The van der Waals surface area contributed by atoms with E-state index in [0.717, 1.165) is 22.4 Å². The van der Waals surface area contributed by atoms with Crippen molar-refractivity contribution in [2.75, 3.05) is 19.4 Å². The number of nitrogens with zero attached hydrogens (tertiary/aromatic N) is 2. The van der Waals surface area contributed by atoms with E-state index in [4.69, 9.17) is 27.4 Å². The van der Waals surface area contributed by atoms with Crippen molar-refractivity contribution < 1.29 is 0 Å². The number of rotatable bonds is 6. The molecule has 1 atom stereocenters. The fraction of sp³-hybridized carbons (Fsp3) is 0.273. The molecule has 1 aliphatic rings. The van der Waals surface area contributed by atoms with E-state index in [0.29, 0.717) is 40.3 Å². The Kier molecular flexibility index (Phi) is 6.52. The predicted octanol–water partition coefficient (Wildman–Crippen LogP) is 4.26. The van der Waals surface area contributed by atoms with Crippen LogP contribution in [0.4, 0.5) is 5.95 Å². The van der Waals surface area contributed by atoms with E-state index in [-0.39, 0.29) is 5.92 Å². The maximum absolute atomic E-state index is 8.73. The molecule has 30 heavy (non-hydrogen) atoms. The Morgan fingerprint density at radius 2 is 1.97 bits per heavy atom. The molecule has 0 amide bonds. The predicted molar refractivity (Wildman–Crippen MR) is 124 cm³/mol. The Labute approximate surface area is 181 Å². The van der Waals surface area contributed by atoms with E-state index in [1.165, 1.54) is 0 Å². The summed E-state index contributed by atoms with van der Waals surface area (Å²) in [6.45, 7) is 3.77. The Morgan fingerprint density at radius 1 is 1.23 bits per heavy atom. The van der Waals surface area contributed by atoms with Crippen LogP contribution in [0.3, 0.4) is 0 Å². The highest BCUT2D eigenvalue weighted by molar-refractivity contribution is 6.35. The largest absolute Gasteiger partial charge is 0.387 e. The highest BCUT2D eigenvalue weighted by Gasteiger charge is 2.30. The molecule has 5 N–H and O–H groups in total. The maximum atomic E-state index is 8.73. The molecule has 3 rings (SSSR count). The van der Waals surface area contributed by atoms with Gasteiger partial charge in [0.1, 0.15) is 5.82 Å². The van der Waals surface area contributed by atoms with Crippen LogP contribution in [-0.4, -0.2) is 35.5 Å². The van der Waals surface area contributed by atoms with Crippen molar-refractivity contribution >= 4 is 40.2 Å². The molecule has 156 valence electrons. The van der Waals surface area contributed by atoms with Gasteiger partial charge in [0.2, 0.25) is 5.95 Å². The fourth-order valence-corrected chi connectivity index (χ4v) is 3.74. The van der Waals surface area contributed by atoms with Gasteiger partial charge in [0.15, 0.2) is 0 Å². The van der Waals surface area contributed by atoms with Gasteiger partial charge in [0.25, 0.3) is 0 Å². The first kappa shape index (κ1) is 21.5. The highest BCUT2D eigenvalue weighted by atomic mass is 35.5. The van der Waals surface area contributed by atoms with Crippen LogP contribution >= 0.6 is 11.6 Å². The number of hydrogen-bond acceptors (Lipinski definition) is 7. The summed E-state index contributed by atoms with van der Waals surface area (Å²) in [4.78, 5) is 9.22. The second kappa shape index (κ2) is 9.09. The lowest BCUT2D eigenvalue weighted by Crippen LogP contribution is -2.23. The molecule has 2 aromatic rings. The minimum absolute atomic E-state index is 0.137. The molecule has 0 spiro atoms. The Balaban J connectivity index is 2.19. The molecule has 1 heterocycles. The fourth-order valence-electron chi connectivity index (χ4n) is 3.51. The lowest BCUT2D eigenvalue weighted by atomic mass is 9.81. The Morgan fingerprint density at radius 3 is 2.60 bits per heavy atom. The van der Waals surface area contributed by atoms with Crippen LogP contribution in [0.5, 0.6) is 0 Å². The quantitative estimate of drug-likeness (QED) is 0.446.